The van der Waals surface area contributed by atoms with Gasteiger partial charge in [0.2, 0.25) is 0 Å². The summed E-state index contributed by atoms with van der Waals surface area (Å²) in [5.41, 5.74) is 3.54. The predicted molar refractivity (Wildman–Crippen MR) is 111 cm³/mol. The van der Waals surface area contributed by atoms with Gasteiger partial charge in [0.05, 0.1) is 29.3 Å². The van der Waals surface area contributed by atoms with E-state index in [1.165, 1.54) is 17.1 Å². The highest BCUT2D eigenvalue weighted by molar-refractivity contribution is 5.90. The molecular formula is C22H15FN8. The molecule has 150 valence electrons. The van der Waals surface area contributed by atoms with E-state index in [9.17, 15) is 9.65 Å². The third-order valence-corrected chi connectivity index (χ3v) is 5.04. The summed E-state index contributed by atoms with van der Waals surface area (Å²) in [6, 6.07) is 15.4. The monoisotopic (exact) mass is 410 g/mol. The summed E-state index contributed by atoms with van der Waals surface area (Å²) in [7, 11) is 0. The lowest BCUT2D eigenvalue weighted by Gasteiger charge is -2.09. The van der Waals surface area contributed by atoms with Gasteiger partial charge in [-0.2, -0.15) is 10.4 Å². The van der Waals surface area contributed by atoms with Crippen LogP contribution >= 0.6 is 0 Å². The first-order valence-corrected chi connectivity index (χ1v) is 9.51. The maximum atomic E-state index is 14.1. The molecule has 0 saturated carbocycles. The number of hydrogen-bond donors (Lipinski definition) is 0. The van der Waals surface area contributed by atoms with Crippen LogP contribution in [0.3, 0.4) is 0 Å². The van der Waals surface area contributed by atoms with Crippen molar-refractivity contribution in [1.82, 2.24) is 34.7 Å². The predicted octanol–water partition coefficient (Wildman–Crippen LogP) is 3.69. The molecule has 5 rings (SSSR count). The third kappa shape index (κ3) is 3.20. The van der Waals surface area contributed by atoms with E-state index in [0.29, 0.717) is 28.3 Å². The van der Waals surface area contributed by atoms with Gasteiger partial charge in [0, 0.05) is 11.8 Å². The maximum Gasteiger partial charge on any atom is 0.162 e. The zero-order chi connectivity index (χ0) is 21.4. The van der Waals surface area contributed by atoms with E-state index in [0.717, 1.165) is 10.9 Å². The Kier molecular flexibility index (Phi) is 4.45. The van der Waals surface area contributed by atoms with Gasteiger partial charge in [-0.3, -0.25) is 0 Å². The van der Waals surface area contributed by atoms with Gasteiger partial charge in [0.15, 0.2) is 5.65 Å². The van der Waals surface area contributed by atoms with Crippen molar-refractivity contribution < 1.29 is 4.39 Å². The van der Waals surface area contributed by atoms with E-state index >= 15 is 0 Å². The van der Waals surface area contributed by atoms with Gasteiger partial charge in [-0.15, -0.1) is 5.10 Å². The molecule has 0 bridgehead atoms. The fourth-order valence-corrected chi connectivity index (χ4v) is 3.45. The molecule has 0 radical (unpaired) electrons. The molecule has 0 spiro atoms. The van der Waals surface area contributed by atoms with Crippen LogP contribution in [-0.4, -0.2) is 34.7 Å². The Labute approximate surface area is 176 Å². The highest BCUT2D eigenvalue weighted by Crippen LogP contribution is 2.30. The van der Waals surface area contributed by atoms with Crippen molar-refractivity contribution in [2.75, 3.05) is 0 Å². The molecule has 2 aromatic carbocycles. The lowest BCUT2D eigenvalue weighted by molar-refractivity contribution is 0.565. The number of hydrogen-bond acceptors (Lipinski definition) is 6. The molecule has 5 aromatic rings. The van der Waals surface area contributed by atoms with Crippen LogP contribution in [-0.2, 0) is 0 Å². The fourth-order valence-electron chi connectivity index (χ4n) is 3.45. The highest BCUT2D eigenvalue weighted by atomic mass is 19.1. The molecule has 9 heteroatoms. The topological polar surface area (TPSA) is 98.1 Å². The Morgan fingerprint density at radius 2 is 2.00 bits per heavy atom. The number of fused-ring (bicyclic) bond motifs is 1. The van der Waals surface area contributed by atoms with Crippen molar-refractivity contribution in [1.29, 1.82) is 5.26 Å². The minimum absolute atomic E-state index is 0.315. The standard InChI is InChI=1S/C22H15FN8/c1-14(19-12-30(29-27-19)20-8-3-2-7-18(20)23)31-22-17(11-25-13-26-22)21(28-31)16-6-4-5-15(9-16)10-24/h2-9,11-14H,1H3. The molecule has 0 aliphatic heterocycles. The first-order valence-electron chi connectivity index (χ1n) is 9.51. The number of nitriles is 1. The van der Waals surface area contributed by atoms with E-state index in [2.05, 4.69) is 26.3 Å². The van der Waals surface area contributed by atoms with Crippen LogP contribution in [0.15, 0.2) is 67.3 Å². The van der Waals surface area contributed by atoms with Crippen molar-refractivity contribution >= 4 is 11.0 Å². The molecular weight excluding hydrogens is 395 g/mol. The maximum absolute atomic E-state index is 14.1. The fraction of sp³-hybridized carbons (Fsp3) is 0.0909. The molecule has 0 aliphatic carbocycles. The summed E-state index contributed by atoms with van der Waals surface area (Å²) in [5, 5.41) is 23.1. The van der Waals surface area contributed by atoms with Crippen molar-refractivity contribution in [2.24, 2.45) is 0 Å². The van der Waals surface area contributed by atoms with Crippen molar-refractivity contribution in [3.8, 4) is 23.0 Å². The van der Waals surface area contributed by atoms with Gasteiger partial charge >= 0.3 is 0 Å². The largest absolute Gasteiger partial charge is 0.244 e. The smallest absolute Gasteiger partial charge is 0.162 e. The first-order chi connectivity index (χ1) is 15.2. The SMILES string of the molecule is CC(c1cn(-c2ccccc2F)nn1)n1nc(-c2cccc(C#N)c2)c2cncnc21. The summed E-state index contributed by atoms with van der Waals surface area (Å²) in [4.78, 5) is 8.54. The van der Waals surface area contributed by atoms with Gasteiger partial charge in [0.25, 0.3) is 0 Å². The molecule has 31 heavy (non-hydrogen) atoms. The molecule has 0 aliphatic rings. The van der Waals surface area contributed by atoms with Crippen molar-refractivity contribution in [3.63, 3.8) is 0 Å². The Hall–Kier alpha value is -4.45. The molecule has 3 aromatic heterocycles. The molecule has 1 unspecified atom stereocenters. The summed E-state index contributed by atoms with van der Waals surface area (Å²) in [6.45, 7) is 1.92. The molecule has 0 saturated heterocycles. The second-order valence-corrected chi connectivity index (χ2v) is 6.96. The van der Waals surface area contributed by atoms with Crippen LogP contribution in [0.25, 0.3) is 28.0 Å². The second kappa shape index (κ2) is 7.42. The number of rotatable bonds is 4. The second-order valence-electron chi connectivity index (χ2n) is 6.96. The van der Waals surface area contributed by atoms with Gasteiger partial charge in [-0.25, -0.2) is 23.7 Å². The van der Waals surface area contributed by atoms with E-state index in [-0.39, 0.29) is 11.9 Å². The van der Waals surface area contributed by atoms with E-state index in [1.54, 1.807) is 47.4 Å². The number of halogens is 1. The molecule has 0 N–H and O–H groups in total. The minimum atomic E-state index is -0.386. The summed E-state index contributed by atoms with van der Waals surface area (Å²) in [5.74, 6) is -0.386. The Bertz CT molecular complexity index is 1450. The summed E-state index contributed by atoms with van der Waals surface area (Å²) >= 11 is 0. The molecule has 3 heterocycles. The summed E-state index contributed by atoms with van der Waals surface area (Å²) < 4.78 is 17.3. The lowest BCUT2D eigenvalue weighted by atomic mass is 10.1. The van der Waals surface area contributed by atoms with Gasteiger partial charge in [-0.1, -0.05) is 29.5 Å². The molecule has 0 fully saturated rings. The van der Waals surface area contributed by atoms with Crippen LogP contribution in [0, 0.1) is 17.1 Å². The Balaban J connectivity index is 1.60. The van der Waals surface area contributed by atoms with E-state index < -0.39 is 0 Å². The van der Waals surface area contributed by atoms with Gasteiger partial charge < -0.3 is 0 Å². The molecule has 8 nitrogen and oxygen atoms in total. The Morgan fingerprint density at radius 1 is 1.13 bits per heavy atom. The number of para-hydroxylation sites is 1. The third-order valence-electron chi connectivity index (χ3n) is 5.04. The average molecular weight is 410 g/mol. The molecule has 1 atom stereocenters. The Morgan fingerprint density at radius 3 is 2.84 bits per heavy atom. The highest BCUT2D eigenvalue weighted by Gasteiger charge is 2.21. The van der Waals surface area contributed by atoms with Crippen LogP contribution in [0.2, 0.25) is 0 Å². The lowest BCUT2D eigenvalue weighted by Crippen LogP contribution is -2.10. The van der Waals surface area contributed by atoms with Crippen LogP contribution in [0.5, 0.6) is 0 Å². The first kappa shape index (κ1) is 18.6. The van der Waals surface area contributed by atoms with Crippen LogP contribution < -0.4 is 0 Å². The van der Waals surface area contributed by atoms with Crippen molar-refractivity contribution in [2.45, 2.75) is 13.0 Å². The average Bonchev–Trinajstić information content (AvgIpc) is 3.45. The van der Waals surface area contributed by atoms with Crippen LogP contribution in [0.4, 0.5) is 4.39 Å². The van der Waals surface area contributed by atoms with Crippen molar-refractivity contribution in [3.05, 3.63) is 84.3 Å². The van der Waals surface area contributed by atoms with E-state index in [1.807, 2.05) is 19.1 Å². The number of nitrogens with zero attached hydrogens (tertiary/aromatic N) is 8. The van der Waals surface area contributed by atoms with E-state index in [4.69, 9.17) is 5.10 Å². The summed E-state index contributed by atoms with van der Waals surface area (Å²) in [6.07, 6.45) is 4.83. The minimum Gasteiger partial charge on any atom is -0.244 e. The number of benzene rings is 2. The number of aromatic nitrogens is 7. The zero-order valence-electron chi connectivity index (χ0n) is 16.4. The van der Waals surface area contributed by atoms with Gasteiger partial charge in [0.1, 0.15) is 29.2 Å². The molecule has 0 amide bonds. The van der Waals surface area contributed by atoms with Crippen LogP contribution in [0.1, 0.15) is 24.2 Å². The zero-order valence-corrected chi connectivity index (χ0v) is 16.4. The normalized spacial score (nSPS) is 12.0. The quantitative estimate of drug-likeness (QED) is 0.448. The van der Waals surface area contributed by atoms with Gasteiger partial charge in [-0.05, 0) is 31.2 Å².